The highest BCUT2D eigenvalue weighted by Crippen LogP contribution is 2.44. The molecule has 3 rings (SSSR count). The second-order valence-corrected chi connectivity index (χ2v) is 5.81. The van der Waals surface area contributed by atoms with E-state index in [1.165, 1.54) is 0 Å². The minimum atomic E-state index is -0.266. The van der Waals surface area contributed by atoms with Crippen molar-refractivity contribution in [1.29, 1.82) is 0 Å². The zero-order chi connectivity index (χ0) is 17.3. The second kappa shape index (κ2) is 6.35. The van der Waals surface area contributed by atoms with Gasteiger partial charge in [0.05, 0.1) is 5.56 Å². The van der Waals surface area contributed by atoms with Gasteiger partial charge in [-0.3, -0.25) is 9.59 Å². The zero-order valence-electron chi connectivity index (χ0n) is 13.9. The third-order valence-corrected chi connectivity index (χ3v) is 4.35. The molecule has 1 aliphatic heterocycles. The summed E-state index contributed by atoms with van der Waals surface area (Å²) in [5.41, 5.74) is 2.81. The number of nitrogens with one attached hydrogen (secondary N) is 2. The van der Waals surface area contributed by atoms with Gasteiger partial charge in [0, 0.05) is 31.1 Å². The van der Waals surface area contributed by atoms with E-state index in [-0.39, 0.29) is 23.8 Å². The van der Waals surface area contributed by atoms with E-state index in [1.807, 2.05) is 43.3 Å². The number of carbonyl (C=O) groups is 2. The fraction of sp³-hybridized carbons (Fsp3) is 0.263. The number of hydrogen-bond acceptors (Lipinski definition) is 3. The molecule has 2 N–H and O–H groups in total. The van der Waals surface area contributed by atoms with Gasteiger partial charge in [-0.15, -0.1) is 0 Å². The zero-order valence-corrected chi connectivity index (χ0v) is 13.9. The molecule has 2 amide bonds. The lowest BCUT2D eigenvalue weighted by atomic mass is 9.87. The van der Waals surface area contributed by atoms with Crippen LogP contribution in [0.4, 0.5) is 0 Å². The normalized spacial score (nSPS) is 18.5. The molecular formula is C19H20N2O3. The Morgan fingerprint density at radius 3 is 2.29 bits per heavy atom. The Kier molecular flexibility index (Phi) is 4.25. The van der Waals surface area contributed by atoms with Crippen LogP contribution in [0, 0.1) is 0 Å². The van der Waals surface area contributed by atoms with Crippen molar-refractivity contribution in [1.82, 2.24) is 10.6 Å². The predicted molar refractivity (Wildman–Crippen MR) is 91.6 cm³/mol. The van der Waals surface area contributed by atoms with E-state index in [4.69, 9.17) is 4.74 Å². The van der Waals surface area contributed by atoms with Crippen LogP contribution in [-0.4, -0.2) is 32.0 Å². The molecule has 0 saturated carbocycles. The van der Waals surface area contributed by atoms with Gasteiger partial charge in [0.2, 0.25) is 0 Å². The molecule has 0 aliphatic carbocycles. The minimum absolute atomic E-state index is 0.0192. The van der Waals surface area contributed by atoms with Crippen molar-refractivity contribution < 1.29 is 14.3 Å². The Labute approximate surface area is 141 Å². The lowest BCUT2D eigenvalue weighted by Crippen LogP contribution is -2.22. The molecule has 0 aromatic heterocycles. The Bertz CT molecular complexity index is 787. The van der Waals surface area contributed by atoms with Gasteiger partial charge in [0.15, 0.2) is 0 Å². The summed E-state index contributed by atoms with van der Waals surface area (Å²) in [6, 6.07) is 13.4. The van der Waals surface area contributed by atoms with E-state index >= 15 is 0 Å². The fourth-order valence-electron chi connectivity index (χ4n) is 3.21. The lowest BCUT2D eigenvalue weighted by Gasteiger charge is -2.15. The van der Waals surface area contributed by atoms with Crippen molar-refractivity contribution in [3.8, 4) is 5.75 Å². The summed E-state index contributed by atoms with van der Waals surface area (Å²) < 4.78 is 6.00. The summed E-state index contributed by atoms with van der Waals surface area (Å²) in [6.45, 7) is 1.98. The number of carbonyl (C=O) groups excluding carboxylic acids is 2. The lowest BCUT2D eigenvalue weighted by molar-refractivity contribution is 0.0958. The average molecular weight is 324 g/mol. The monoisotopic (exact) mass is 324 g/mol. The van der Waals surface area contributed by atoms with E-state index < -0.39 is 0 Å². The Morgan fingerprint density at radius 2 is 1.67 bits per heavy atom. The number of fused-ring (bicyclic) bond motifs is 1. The van der Waals surface area contributed by atoms with Crippen LogP contribution in [0.15, 0.2) is 42.5 Å². The van der Waals surface area contributed by atoms with Crippen LogP contribution in [0.25, 0.3) is 0 Å². The molecule has 0 radical (unpaired) electrons. The van der Waals surface area contributed by atoms with E-state index in [2.05, 4.69) is 10.6 Å². The molecule has 2 atom stereocenters. The fourth-order valence-corrected chi connectivity index (χ4v) is 3.21. The van der Waals surface area contributed by atoms with E-state index in [1.54, 1.807) is 20.2 Å². The predicted octanol–water partition coefficient (Wildman–Crippen LogP) is 2.32. The van der Waals surface area contributed by atoms with Crippen LogP contribution in [-0.2, 0) is 0 Å². The first kappa shape index (κ1) is 16.1. The van der Waals surface area contributed by atoms with Crippen molar-refractivity contribution in [2.45, 2.75) is 18.9 Å². The largest absolute Gasteiger partial charge is 0.489 e. The summed E-state index contributed by atoms with van der Waals surface area (Å²) in [5.74, 6) is 0.0461. The summed E-state index contributed by atoms with van der Waals surface area (Å²) in [7, 11) is 3.14. The molecule has 0 spiro atoms. The average Bonchev–Trinajstić information content (AvgIpc) is 2.95. The molecule has 0 bridgehead atoms. The highest BCUT2D eigenvalue weighted by molar-refractivity contribution is 6.02. The van der Waals surface area contributed by atoms with Gasteiger partial charge in [0.25, 0.3) is 11.8 Å². The van der Waals surface area contributed by atoms with Crippen molar-refractivity contribution in [3.63, 3.8) is 0 Å². The standard InChI is InChI=1S/C19H20N2O3/c1-11-16(12-7-5-4-6-8-12)14-9-13(18(22)20-2)10-15(17(14)24-11)19(23)21-3/h4-11,16H,1-3H3,(H,20,22)(H,21,23)/t11?,16-/m0/s1. The Hall–Kier alpha value is -2.82. The molecule has 0 fully saturated rings. The topological polar surface area (TPSA) is 67.4 Å². The first-order chi connectivity index (χ1) is 11.6. The van der Waals surface area contributed by atoms with Crippen LogP contribution in [0.1, 0.15) is 44.7 Å². The highest BCUT2D eigenvalue weighted by atomic mass is 16.5. The van der Waals surface area contributed by atoms with Gasteiger partial charge in [-0.05, 0) is 24.6 Å². The molecule has 2 aromatic carbocycles. The Morgan fingerprint density at radius 1 is 1.00 bits per heavy atom. The highest BCUT2D eigenvalue weighted by Gasteiger charge is 2.36. The van der Waals surface area contributed by atoms with Crippen molar-refractivity contribution in [2.24, 2.45) is 0 Å². The summed E-state index contributed by atoms with van der Waals surface area (Å²) in [6.07, 6.45) is -0.120. The van der Waals surface area contributed by atoms with Gasteiger partial charge in [0.1, 0.15) is 11.9 Å². The smallest absolute Gasteiger partial charge is 0.254 e. The summed E-state index contributed by atoms with van der Waals surface area (Å²) in [5, 5.41) is 5.22. The molecular weight excluding hydrogens is 304 g/mol. The van der Waals surface area contributed by atoms with Crippen LogP contribution >= 0.6 is 0 Å². The maximum absolute atomic E-state index is 12.3. The van der Waals surface area contributed by atoms with Gasteiger partial charge in [-0.25, -0.2) is 0 Å². The number of ether oxygens (including phenoxy) is 1. The number of hydrogen-bond donors (Lipinski definition) is 2. The third-order valence-electron chi connectivity index (χ3n) is 4.35. The van der Waals surface area contributed by atoms with Crippen molar-refractivity contribution in [3.05, 3.63) is 64.7 Å². The van der Waals surface area contributed by atoms with E-state index in [0.29, 0.717) is 16.9 Å². The van der Waals surface area contributed by atoms with Crippen LogP contribution in [0.3, 0.4) is 0 Å². The van der Waals surface area contributed by atoms with Gasteiger partial charge >= 0.3 is 0 Å². The summed E-state index contributed by atoms with van der Waals surface area (Å²) in [4.78, 5) is 24.4. The van der Waals surface area contributed by atoms with Crippen molar-refractivity contribution >= 4 is 11.8 Å². The van der Waals surface area contributed by atoms with E-state index in [9.17, 15) is 9.59 Å². The maximum atomic E-state index is 12.3. The minimum Gasteiger partial charge on any atom is -0.489 e. The maximum Gasteiger partial charge on any atom is 0.254 e. The first-order valence-electron chi connectivity index (χ1n) is 7.90. The molecule has 5 heteroatoms. The third kappa shape index (κ3) is 2.62. The quantitative estimate of drug-likeness (QED) is 0.910. The molecule has 124 valence electrons. The van der Waals surface area contributed by atoms with Gasteiger partial charge < -0.3 is 15.4 Å². The number of amides is 2. The number of rotatable bonds is 3. The van der Waals surface area contributed by atoms with Crippen LogP contribution in [0.5, 0.6) is 5.75 Å². The van der Waals surface area contributed by atoms with Gasteiger partial charge in [-0.2, -0.15) is 0 Å². The first-order valence-corrected chi connectivity index (χ1v) is 7.90. The summed E-state index contributed by atoms with van der Waals surface area (Å²) >= 11 is 0. The molecule has 2 aromatic rings. The van der Waals surface area contributed by atoms with Crippen molar-refractivity contribution in [2.75, 3.05) is 14.1 Å². The SMILES string of the molecule is CNC(=O)c1cc(C(=O)NC)c2c(c1)[C@H](c1ccccc1)C(C)O2. The molecule has 1 aliphatic rings. The van der Waals surface area contributed by atoms with Crippen LogP contribution < -0.4 is 15.4 Å². The van der Waals surface area contributed by atoms with E-state index in [0.717, 1.165) is 11.1 Å². The number of benzene rings is 2. The molecule has 0 saturated heterocycles. The second-order valence-electron chi connectivity index (χ2n) is 5.81. The molecule has 24 heavy (non-hydrogen) atoms. The van der Waals surface area contributed by atoms with Crippen LogP contribution in [0.2, 0.25) is 0 Å². The molecule has 5 nitrogen and oxygen atoms in total. The molecule has 1 heterocycles. The Balaban J connectivity index is 2.20. The van der Waals surface area contributed by atoms with Gasteiger partial charge in [-0.1, -0.05) is 30.3 Å². The molecule has 1 unspecified atom stereocenters.